The second-order valence-corrected chi connectivity index (χ2v) is 3.97. The monoisotopic (exact) mass is 229 g/mol. The van der Waals surface area contributed by atoms with Gasteiger partial charge in [0.1, 0.15) is 5.82 Å². The minimum atomic E-state index is -0.611. The zero-order valence-corrected chi connectivity index (χ0v) is 9.22. The van der Waals surface area contributed by atoms with Gasteiger partial charge in [0.25, 0.3) is 0 Å². The first kappa shape index (κ1) is 11.3. The lowest BCUT2D eigenvalue weighted by atomic mass is 10.2. The Kier molecular flexibility index (Phi) is 3.39. The standard InChI is InChI=1S/C12H15F2NO.H2/c1-2-15-7-8-5-9(13)6-11(14)12(8)16-10-3-4-10;/h5-6,10,15H,2-4,7H2,1H3;1H. The molecular weight excluding hydrogens is 212 g/mol. The number of hydrogen-bond donors (Lipinski definition) is 1. The summed E-state index contributed by atoms with van der Waals surface area (Å²) in [5.74, 6) is -0.974. The van der Waals surface area contributed by atoms with E-state index in [1.807, 2.05) is 6.92 Å². The molecule has 0 aliphatic heterocycles. The summed E-state index contributed by atoms with van der Waals surface area (Å²) < 4.78 is 32.1. The van der Waals surface area contributed by atoms with Gasteiger partial charge in [0, 0.05) is 19.6 Å². The smallest absolute Gasteiger partial charge is 0.168 e. The van der Waals surface area contributed by atoms with Crippen molar-refractivity contribution in [1.82, 2.24) is 5.32 Å². The molecule has 4 heteroatoms. The largest absolute Gasteiger partial charge is 0.487 e. The van der Waals surface area contributed by atoms with Crippen molar-refractivity contribution in [2.45, 2.75) is 32.4 Å². The molecule has 0 amide bonds. The van der Waals surface area contributed by atoms with E-state index >= 15 is 0 Å². The molecule has 1 aliphatic rings. The third kappa shape index (κ3) is 2.70. The van der Waals surface area contributed by atoms with Crippen molar-refractivity contribution in [3.63, 3.8) is 0 Å². The highest BCUT2D eigenvalue weighted by molar-refractivity contribution is 5.36. The highest BCUT2D eigenvalue weighted by Gasteiger charge is 2.26. The van der Waals surface area contributed by atoms with Crippen molar-refractivity contribution in [2.24, 2.45) is 0 Å². The van der Waals surface area contributed by atoms with Gasteiger partial charge in [-0.05, 0) is 25.5 Å². The summed E-state index contributed by atoms with van der Waals surface area (Å²) in [5.41, 5.74) is 0.547. The summed E-state index contributed by atoms with van der Waals surface area (Å²) in [4.78, 5) is 0. The molecule has 2 rings (SSSR count). The molecule has 0 heterocycles. The van der Waals surface area contributed by atoms with E-state index in [2.05, 4.69) is 5.32 Å². The first-order valence-corrected chi connectivity index (χ1v) is 5.56. The summed E-state index contributed by atoms with van der Waals surface area (Å²) in [6.45, 7) is 3.12. The van der Waals surface area contributed by atoms with Crippen molar-refractivity contribution in [1.29, 1.82) is 0 Å². The van der Waals surface area contributed by atoms with Crippen LogP contribution in [0.2, 0.25) is 0 Å². The van der Waals surface area contributed by atoms with Crippen LogP contribution in [-0.2, 0) is 6.54 Å². The summed E-state index contributed by atoms with van der Waals surface area (Å²) in [6, 6.07) is 2.19. The van der Waals surface area contributed by atoms with Crippen LogP contribution in [0.25, 0.3) is 0 Å². The van der Waals surface area contributed by atoms with Crippen LogP contribution in [0.15, 0.2) is 12.1 Å². The van der Waals surface area contributed by atoms with Crippen LogP contribution in [-0.4, -0.2) is 12.6 Å². The first-order valence-electron chi connectivity index (χ1n) is 5.56. The van der Waals surface area contributed by atoms with E-state index in [0.29, 0.717) is 12.1 Å². The highest BCUT2D eigenvalue weighted by Crippen LogP contribution is 2.31. The molecule has 1 aromatic rings. The Morgan fingerprint density at radius 2 is 2.19 bits per heavy atom. The van der Waals surface area contributed by atoms with Gasteiger partial charge >= 0.3 is 0 Å². The number of hydrogen-bond acceptors (Lipinski definition) is 2. The number of ether oxygens (including phenoxy) is 1. The second-order valence-electron chi connectivity index (χ2n) is 3.97. The van der Waals surface area contributed by atoms with Gasteiger partial charge in [-0.2, -0.15) is 0 Å². The SMILES string of the molecule is CCNCc1cc(F)cc(F)c1OC1CC1.[HH]. The topological polar surface area (TPSA) is 21.3 Å². The van der Waals surface area contributed by atoms with Gasteiger partial charge in [-0.3, -0.25) is 0 Å². The average Bonchev–Trinajstić information content (AvgIpc) is 3.03. The molecule has 1 N–H and O–H groups in total. The second kappa shape index (κ2) is 4.78. The number of rotatable bonds is 5. The van der Waals surface area contributed by atoms with E-state index in [4.69, 9.17) is 4.74 Å². The van der Waals surface area contributed by atoms with Crippen LogP contribution in [0, 0.1) is 11.6 Å². The van der Waals surface area contributed by atoms with Crippen LogP contribution in [0.4, 0.5) is 8.78 Å². The van der Waals surface area contributed by atoms with Gasteiger partial charge in [-0.25, -0.2) is 8.78 Å². The van der Waals surface area contributed by atoms with Crippen molar-refractivity contribution in [3.8, 4) is 5.75 Å². The van der Waals surface area contributed by atoms with E-state index in [9.17, 15) is 8.78 Å². The van der Waals surface area contributed by atoms with Crippen molar-refractivity contribution < 1.29 is 14.9 Å². The molecule has 0 spiro atoms. The molecule has 90 valence electrons. The van der Waals surface area contributed by atoms with Crippen molar-refractivity contribution >= 4 is 0 Å². The predicted octanol–water partition coefficient (Wildman–Crippen LogP) is 2.86. The third-order valence-corrected chi connectivity index (χ3v) is 2.46. The third-order valence-electron chi connectivity index (χ3n) is 2.46. The zero-order valence-electron chi connectivity index (χ0n) is 9.22. The summed E-state index contributed by atoms with van der Waals surface area (Å²) in [6.07, 6.45) is 2.02. The summed E-state index contributed by atoms with van der Waals surface area (Å²) >= 11 is 0. The Bertz CT molecular complexity index is 383. The van der Waals surface area contributed by atoms with Gasteiger partial charge < -0.3 is 10.1 Å². The van der Waals surface area contributed by atoms with Gasteiger partial charge in [0.2, 0.25) is 0 Å². The van der Waals surface area contributed by atoms with Gasteiger partial charge in [-0.15, -0.1) is 0 Å². The van der Waals surface area contributed by atoms with Gasteiger partial charge in [-0.1, -0.05) is 6.92 Å². The van der Waals surface area contributed by atoms with E-state index in [1.54, 1.807) is 0 Å². The minimum Gasteiger partial charge on any atom is -0.487 e. The molecule has 1 fully saturated rings. The highest BCUT2D eigenvalue weighted by atomic mass is 19.1. The molecule has 2 nitrogen and oxygen atoms in total. The molecule has 1 aromatic carbocycles. The van der Waals surface area contributed by atoms with Gasteiger partial charge in [0.15, 0.2) is 11.6 Å². The molecule has 16 heavy (non-hydrogen) atoms. The van der Waals surface area contributed by atoms with Crippen LogP contribution < -0.4 is 10.1 Å². The molecule has 0 unspecified atom stereocenters. The molecule has 0 saturated heterocycles. The van der Waals surface area contributed by atoms with E-state index in [0.717, 1.165) is 25.5 Å². The summed E-state index contributed by atoms with van der Waals surface area (Å²) in [7, 11) is 0. The molecule has 0 atom stereocenters. The normalized spacial score (nSPS) is 15.2. The van der Waals surface area contributed by atoms with Crippen molar-refractivity contribution in [2.75, 3.05) is 6.54 Å². The molecule has 1 aliphatic carbocycles. The minimum absolute atomic E-state index is 0. The number of benzene rings is 1. The molecule has 0 aromatic heterocycles. The summed E-state index contributed by atoms with van der Waals surface area (Å²) in [5, 5.41) is 3.04. The first-order chi connectivity index (χ1) is 7.70. The maximum Gasteiger partial charge on any atom is 0.168 e. The Morgan fingerprint density at radius 1 is 1.44 bits per heavy atom. The lowest BCUT2D eigenvalue weighted by molar-refractivity contribution is 0.282. The Labute approximate surface area is 95.1 Å². The van der Waals surface area contributed by atoms with Gasteiger partial charge in [0.05, 0.1) is 6.10 Å². The molecule has 1 saturated carbocycles. The number of halogens is 2. The predicted molar refractivity (Wildman–Crippen MR) is 59.5 cm³/mol. The number of nitrogens with one attached hydrogen (secondary N) is 1. The Morgan fingerprint density at radius 3 is 2.81 bits per heavy atom. The molecular formula is C12H17F2NO. The van der Waals surface area contributed by atoms with Crippen LogP contribution >= 0.6 is 0 Å². The van der Waals surface area contributed by atoms with E-state index < -0.39 is 11.6 Å². The maximum atomic E-state index is 13.5. The van der Waals surface area contributed by atoms with E-state index in [-0.39, 0.29) is 13.3 Å². The lowest BCUT2D eigenvalue weighted by Crippen LogP contribution is -2.14. The van der Waals surface area contributed by atoms with Crippen LogP contribution in [0.5, 0.6) is 5.75 Å². The fourth-order valence-corrected chi connectivity index (χ4v) is 1.49. The fraction of sp³-hybridized carbons (Fsp3) is 0.500. The average molecular weight is 229 g/mol. The molecule has 0 radical (unpaired) electrons. The lowest BCUT2D eigenvalue weighted by Gasteiger charge is -2.12. The van der Waals surface area contributed by atoms with Crippen LogP contribution in [0.1, 0.15) is 26.8 Å². The van der Waals surface area contributed by atoms with Crippen molar-refractivity contribution in [3.05, 3.63) is 29.3 Å². The van der Waals surface area contributed by atoms with E-state index in [1.165, 1.54) is 6.07 Å². The Balaban J connectivity index is 0.00000144. The molecule has 0 bridgehead atoms. The Hall–Kier alpha value is -1.16. The zero-order chi connectivity index (χ0) is 11.5. The van der Waals surface area contributed by atoms with Crippen LogP contribution in [0.3, 0.4) is 0 Å². The maximum absolute atomic E-state index is 13.5. The quantitative estimate of drug-likeness (QED) is 0.838. The fourth-order valence-electron chi connectivity index (χ4n) is 1.49.